The van der Waals surface area contributed by atoms with E-state index >= 15 is 0 Å². The van der Waals surface area contributed by atoms with Gasteiger partial charge in [0.15, 0.2) is 15.6 Å². The van der Waals surface area contributed by atoms with Crippen molar-refractivity contribution >= 4 is 29.3 Å². The fourth-order valence-electron chi connectivity index (χ4n) is 3.41. The van der Waals surface area contributed by atoms with E-state index in [4.69, 9.17) is 30.6 Å². The maximum Gasteiger partial charge on any atom is 0.470 e. The van der Waals surface area contributed by atoms with Crippen molar-refractivity contribution in [3.63, 3.8) is 0 Å². The Hall–Kier alpha value is -2.60. The van der Waals surface area contributed by atoms with E-state index in [9.17, 15) is 22.2 Å². The molecule has 1 aromatic heterocycles. The Morgan fingerprint density at radius 3 is 2.39 bits per heavy atom. The van der Waals surface area contributed by atoms with Crippen LogP contribution in [-0.4, -0.2) is 46.9 Å². The second-order valence-electron chi connectivity index (χ2n) is 8.49. The molecule has 0 bridgehead atoms. The predicted molar refractivity (Wildman–Crippen MR) is 131 cm³/mol. The lowest BCUT2D eigenvalue weighted by Crippen LogP contribution is -2.26. The van der Waals surface area contributed by atoms with Gasteiger partial charge in [0.1, 0.15) is 5.82 Å². The number of nitrogens with one attached hydrogen (secondary N) is 1. The molecule has 0 unspecified atom stereocenters. The number of H-pyrrole nitrogens is 1. The predicted octanol–water partition coefficient (Wildman–Crippen LogP) is 3.96. The minimum atomic E-state index is -4.74. The summed E-state index contributed by atoms with van der Waals surface area (Å²) in [7, 11) is -8.46. The van der Waals surface area contributed by atoms with Crippen LogP contribution in [0.2, 0.25) is 5.02 Å². The summed E-state index contributed by atoms with van der Waals surface area (Å²) in [6.45, 7) is 2.76. The molecule has 36 heavy (non-hydrogen) atoms. The van der Waals surface area contributed by atoms with E-state index in [1.165, 1.54) is 50.4 Å². The second-order valence-corrected chi connectivity index (χ2v) is 12.0. The van der Waals surface area contributed by atoms with Gasteiger partial charge in [0.05, 0.1) is 28.3 Å². The molecule has 0 atom stereocenters. The quantitative estimate of drug-likeness (QED) is 0.330. The van der Waals surface area contributed by atoms with Gasteiger partial charge in [-0.15, -0.1) is 0 Å². The standard InChI is InChI=1S/C22H23ClFN2O8PS/c1-22(2,34-35(28,29)30)8-9-33-20-16(12-25-26-21(20)27)13-5-7-19(36(3,31)32)15(10-13)14-4-6-17(23)18(24)11-14/h4-7,10-12H,8-9H2,1-3H3,(H,26,27)(H2,28,29,30). The van der Waals surface area contributed by atoms with Gasteiger partial charge in [-0.1, -0.05) is 23.7 Å². The number of rotatable bonds is 9. The molecule has 14 heteroatoms. The zero-order valence-electron chi connectivity index (χ0n) is 19.4. The van der Waals surface area contributed by atoms with Crippen LogP contribution >= 0.6 is 19.4 Å². The molecule has 0 amide bonds. The Morgan fingerprint density at radius 2 is 1.78 bits per heavy atom. The van der Waals surface area contributed by atoms with Crippen LogP contribution in [0.5, 0.6) is 5.75 Å². The highest BCUT2D eigenvalue weighted by Crippen LogP contribution is 2.42. The molecule has 0 aliphatic rings. The van der Waals surface area contributed by atoms with Gasteiger partial charge in [-0.05, 0) is 49.2 Å². The number of hydrogen-bond acceptors (Lipinski definition) is 7. The summed E-state index contributed by atoms with van der Waals surface area (Å²) in [4.78, 5) is 30.5. The molecule has 194 valence electrons. The third-order valence-electron chi connectivity index (χ3n) is 5.05. The van der Waals surface area contributed by atoms with E-state index < -0.39 is 34.6 Å². The monoisotopic (exact) mass is 560 g/mol. The second kappa shape index (κ2) is 10.4. The SMILES string of the molecule is CC(C)(CCOc1c(-c2ccc(S(C)(=O)=O)c(-c3ccc(Cl)c(F)c3)c2)cn[nH]c1=O)OP(=O)(O)O. The average Bonchev–Trinajstić information content (AvgIpc) is 2.74. The number of phosphoric acid groups is 1. The van der Waals surface area contributed by atoms with Gasteiger partial charge in [0.2, 0.25) is 0 Å². The molecular formula is C22H23ClFN2O8PS. The number of sulfone groups is 1. The molecule has 3 rings (SSSR count). The van der Waals surface area contributed by atoms with Crippen LogP contribution in [0.3, 0.4) is 0 Å². The maximum atomic E-state index is 14.2. The van der Waals surface area contributed by atoms with Crippen LogP contribution in [0.15, 0.2) is 52.3 Å². The minimum Gasteiger partial charge on any atom is -0.487 e. The highest BCUT2D eigenvalue weighted by Gasteiger charge is 2.29. The van der Waals surface area contributed by atoms with Crippen LogP contribution in [0.1, 0.15) is 20.3 Å². The molecular weight excluding hydrogens is 538 g/mol. The number of aromatic amines is 1. The third kappa shape index (κ3) is 7.00. The lowest BCUT2D eigenvalue weighted by atomic mass is 9.99. The van der Waals surface area contributed by atoms with Crippen molar-refractivity contribution in [3.8, 4) is 28.0 Å². The van der Waals surface area contributed by atoms with Crippen LogP contribution in [0, 0.1) is 5.82 Å². The van der Waals surface area contributed by atoms with Gasteiger partial charge in [-0.3, -0.25) is 9.32 Å². The lowest BCUT2D eigenvalue weighted by Gasteiger charge is -2.25. The van der Waals surface area contributed by atoms with E-state index in [0.29, 0.717) is 5.56 Å². The molecule has 0 aliphatic heterocycles. The van der Waals surface area contributed by atoms with Gasteiger partial charge < -0.3 is 14.5 Å². The Bertz CT molecular complexity index is 1500. The number of aromatic nitrogens is 2. The summed E-state index contributed by atoms with van der Waals surface area (Å²) >= 11 is 5.77. The number of hydrogen-bond donors (Lipinski definition) is 3. The maximum absolute atomic E-state index is 14.2. The summed E-state index contributed by atoms with van der Waals surface area (Å²) in [5.41, 5.74) is -0.964. The van der Waals surface area contributed by atoms with E-state index in [2.05, 4.69) is 10.2 Å². The molecule has 0 saturated carbocycles. The largest absolute Gasteiger partial charge is 0.487 e. The van der Waals surface area contributed by atoms with Crippen LogP contribution in [0.4, 0.5) is 4.39 Å². The van der Waals surface area contributed by atoms with Crippen LogP contribution in [-0.2, 0) is 18.9 Å². The van der Waals surface area contributed by atoms with Gasteiger partial charge in [-0.25, -0.2) is 22.5 Å². The molecule has 0 radical (unpaired) electrons. The Morgan fingerprint density at radius 1 is 1.14 bits per heavy atom. The highest BCUT2D eigenvalue weighted by molar-refractivity contribution is 7.90. The molecule has 0 fully saturated rings. The lowest BCUT2D eigenvalue weighted by molar-refractivity contribution is 0.0461. The van der Waals surface area contributed by atoms with Crippen LogP contribution in [0.25, 0.3) is 22.3 Å². The van der Waals surface area contributed by atoms with Crippen molar-refractivity contribution in [2.24, 2.45) is 0 Å². The van der Waals surface area contributed by atoms with Gasteiger partial charge in [-0.2, -0.15) is 5.10 Å². The molecule has 2 aromatic carbocycles. The first-order valence-electron chi connectivity index (χ1n) is 10.3. The third-order valence-corrected chi connectivity index (χ3v) is 7.24. The molecule has 10 nitrogen and oxygen atoms in total. The number of benzene rings is 2. The van der Waals surface area contributed by atoms with Crippen molar-refractivity contribution < 1.29 is 36.4 Å². The first kappa shape index (κ1) is 28.0. The Labute approximate surface area is 211 Å². The van der Waals surface area contributed by atoms with Gasteiger partial charge in [0.25, 0.3) is 0 Å². The van der Waals surface area contributed by atoms with Gasteiger partial charge in [0, 0.05) is 23.8 Å². The van der Waals surface area contributed by atoms with Crippen LogP contribution < -0.4 is 10.3 Å². The molecule has 0 aliphatic carbocycles. The molecule has 3 N–H and O–H groups in total. The first-order valence-corrected chi connectivity index (χ1v) is 14.1. The summed E-state index contributed by atoms with van der Waals surface area (Å²) in [5.74, 6) is -0.890. The Kier molecular flexibility index (Phi) is 8.09. The highest BCUT2D eigenvalue weighted by atomic mass is 35.5. The normalized spacial score (nSPS) is 12.5. The van der Waals surface area contributed by atoms with E-state index in [1.54, 1.807) is 0 Å². The van der Waals surface area contributed by atoms with E-state index in [1.807, 2.05) is 0 Å². The average molecular weight is 561 g/mol. The zero-order valence-corrected chi connectivity index (χ0v) is 21.8. The Balaban J connectivity index is 2.04. The zero-order chi connectivity index (χ0) is 26.9. The summed E-state index contributed by atoms with van der Waals surface area (Å²) in [6, 6.07) is 8.12. The van der Waals surface area contributed by atoms with Crippen molar-refractivity contribution in [2.75, 3.05) is 12.9 Å². The summed E-state index contributed by atoms with van der Waals surface area (Å²) in [6.07, 6.45) is 2.33. The molecule has 0 spiro atoms. The van der Waals surface area contributed by atoms with Crippen molar-refractivity contribution in [1.29, 1.82) is 0 Å². The molecule has 0 saturated heterocycles. The first-order chi connectivity index (χ1) is 16.6. The smallest absolute Gasteiger partial charge is 0.470 e. The topological polar surface area (TPSA) is 156 Å². The van der Waals surface area contributed by atoms with Crippen molar-refractivity contribution in [1.82, 2.24) is 10.2 Å². The number of halogens is 2. The molecule has 3 aromatic rings. The van der Waals surface area contributed by atoms with Gasteiger partial charge >= 0.3 is 13.4 Å². The fraction of sp³-hybridized carbons (Fsp3) is 0.273. The van der Waals surface area contributed by atoms with Crippen molar-refractivity contribution in [2.45, 2.75) is 30.8 Å². The fourth-order valence-corrected chi connectivity index (χ4v) is 5.16. The van der Waals surface area contributed by atoms with E-state index in [-0.39, 0.29) is 45.4 Å². The minimum absolute atomic E-state index is 0.0155. The summed E-state index contributed by atoms with van der Waals surface area (Å²) in [5, 5.41) is 5.90. The summed E-state index contributed by atoms with van der Waals surface area (Å²) < 4.78 is 60.5. The number of nitrogens with zero attached hydrogens (tertiary/aromatic N) is 1. The van der Waals surface area contributed by atoms with Crippen molar-refractivity contribution in [3.05, 3.63) is 63.8 Å². The van der Waals surface area contributed by atoms with E-state index in [0.717, 1.165) is 12.3 Å². The number of ether oxygens (including phenoxy) is 1. The molecule has 1 heterocycles. The number of phosphoric ester groups is 1.